The number of aryl methyl sites for hydroxylation is 1. The van der Waals surface area contributed by atoms with Crippen LogP contribution in [0.5, 0.6) is 0 Å². The van der Waals surface area contributed by atoms with Crippen molar-refractivity contribution in [3.8, 4) is 0 Å². The van der Waals surface area contributed by atoms with E-state index in [1.807, 2.05) is 31.7 Å². The van der Waals surface area contributed by atoms with E-state index in [9.17, 15) is 13.2 Å². The second kappa shape index (κ2) is 8.75. The SMILES string of the molecule is CC(C)OCCS(=O)(=O)NCC(=O)N1CCNCC1c1nccn1C. The van der Waals surface area contributed by atoms with Crippen LogP contribution in [-0.4, -0.2) is 73.4 Å². The summed E-state index contributed by atoms with van der Waals surface area (Å²) in [6.45, 7) is 5.29. The molecule has 2 heterocycles. The van der Waals surface area contributed by atoms with Gasteiger partial charge in [-0.25, -0.2) is 18.1 Å². The van der Waals surface area contributed by atoms with Crippen molar-refractivity contribution in [2.75, 3.05) is 38.5 Å². The summed E-state index contributed by atoms with van der Waals surface area (Å²) in [5.74, 6) is 0.347. The fourth-order valence-corrected chi connectivity index (χ4v) is 3.47. The van der Waals surface area contributed by atoms with Gasteiger partial charge in [-0.2, -0.15) is 0 Å². The number of ether oxygens (including phenoxy) is 1. The fourth-order valence-electron chi connectivity index (χ4n) is 2.67. The maximum Gasteiger partial charge on any atom is 0.238 e. The summed E-state index contributed by atoms with van der Waals surface area (Å²) in [4.78, 5) is 18.5. The topological polar surface area (TPSA) is 106 Å². The van der Waals surface area contributed by atoms with Gasteiger partial charge in [0.2, 0.25) is 15.9 Å². The molecule has 9 nitrogen and oxygen atoms in total. The number of rotatable bonds is 8. The van der Waals surface area contributed by atoms with E-state index in [0.717, 1.165) is 5.82 Å². The van der Waals surface area contributed by atoms with Gasteiger partial charge in [0.05, 0.1) is 25.0 Å². The van der Waals surface area contributed by atoms with E-state index in [2.05, 4.69) is 15.0 Å². The maximum atomic E-state index is 12.5. The number of amides is 1. The second-order valence-corrected chi connectivity index (χ2v) is 8.19. The molecule has 0 radical (unpaired) electrons. The molecule has 1 amide bonds. The van der Waals surface area contributed by atoms with Crippen LogP contribution in [0, 0.1) is 0 Å². The maximum absolute atomic E-state index is 12.5. The summed E-state index contributed by atoms with van der Waals surface area (Å²) >= 11 is 0. The number of aromatic nitrogens is 2. The van der Waals surface area contributed by atoms with Crippen LogP contribution in [-0.2, 0) is 26.6 Å². The van der Waals surface area contributed by atoms with Crippen molar-refractivity contribution in [1.29, 1.82) is 0 Å². The highest BCUT2D eigenvalue weighted by molar-refractivity contribution is 7.89. The van der Waals surface area contributed by atoms with Crippen molar-refractivity contribution in [2.45, 2.75) is 26.0 Å². The van der Waals surface area contributed by atoms with Gasteiger partial charge in [0.1, 0.15) is 11.9 Å². The Bertz CT molecular complexity index is 673. The lowest BCUT2D eigenvalue weighted by molar-refractivity contribution is -0.133. The minimum atomic E-state index is -3.55. The van der Waals surface area contributed by atoms with Gasteiger partial charge in [-0.1, -0.05) is 0 Å². The van der Waals surface area contributed by atoms with E-state index in [1.54, 1.807) is 11.1 Å². The molecule has 1 aliphatic heterocycles. The van der Waals surface area contributed by atoms with Gasteiger partial charge in [0.15, 0.2) is 0 Å². The zero-order valence-electron chi connectivity index (χ0n) is 14.9. The molecule has 1 unspecified atom stereocenters. The Hall–Kier alpha value is -1.49. The first-order valence-electron chi connectivity index (χ1n) is 8.36. The summed E-state index contributed by atoms with van der Waals surface area (Å²) < 4.78 is 33.4. The normalized spacial score (nSPS) is 18.7. The van der Waals surface area contributed by atoms with Gasteiger partial charge in [-0.15, -0.1) is 0 Å². The first-order valence-corrected chi connectivity index (χ1v) is 10.0. The first kappa shape index (κ1) is 19.8. The number of carbonyl (C=O) groups is 1. The number of hydrogen-bond acceptors (Lipinski definition) is 6. The van der Waals surface area contributed by atoms with Crippen LogP contribution in [0.1, 0.15) is 25.7 Å². The average Bonchev–Trinajstić information content (AvgIpc) is 2.98. The minimum Gasteiger partial charge on any atom is -0.378 e. The van der Waals surface area contributed by atoms with Crippen LogP contribution >= 0.6 is 0 Å². The third kappa shape index (κ3) is 5.77. The van der Waals surface area contributed by atoms with Crippen molar-refractivity contribution in [3.63, 3.8) is 0 Å². The lowest BCUT2D eigenvalue weighted by Gasteiger charge is -2.35. The molecule has 1 saturated heterocycles. The highest BCUT2D eigenvalue weighted by Gasteiger charge is 2.30. The van der Waals surface area contributed by atoms with E-state index >= 15 is 0 Å². The lowest BCUT2D eigenvalue weighted by Crippen LogP contribution is -2.52. The van der Waals surface area contributed by atoms with Gasteiger partial charge < -0.3 is 19.5 Å². The molecule has 2 rings (SSSR count). The van der Waals surface area contributed by atoms with E-state index in [1.165, 1.54) is 0 Å². The van der Waals surface area contributed by atoms with Gasteiger partial charge in [-0.05, 0) is 13.8 Å². The Morgan fingerprint density at radius 3 is 2.92 bits per heavy atom. The van der Waals surface area contributed by atoms with Crippen molar-refractivity contribution >= 4 is 15.9 Å². The molecular weight excluding hydrogens is 346 g/mol. The third-order valence-electron chi connectivity index (χ3n) is 3.97. The van der Waals surface area contributed by atoms with Crippen LogP contribution in [0.25, 0.3) is 0 Å². The van der Waals surface area contributed by atoms with Gasteiger partial charge in [-0.3, -0.25) is 4.79 Å². The Kier molecular flexibility index (Phi) is 6.94. The number of imidazole rings is 1. The summed E-state index contributed by atoms with van der Waals surface area (Å²) in [5.41, 5.74) is 0. The molecule has 142 valence electrons. The lowest BCUT2D eigenvalue weighted by atomic mass is 10.1. The smallest absolute Gasteiger partial charge is 0.238 e. The van der Waals surface area contributed by atoms with E-state index in [4.69, 9.17) is 4.74 Å². The number of sulfonamides is 1. The van der Waals surface area contributed by atoms with Gasteiger partial charge in [0.25, 0.3) is 0 Å². The molecule has 0 aliphatic carbocycles. The molecular formula is C15H27N5O4S. The highest BCUT2D eigenvalue weighted by atomic mass is 32.2. The van der Waals surface area contributed by atoms with Crippen LogP contribution in [0.4, 0.5) is 0 Å². The van der Waals surface area contributed by atoms with Crippen molar-refractivity contribution in [3.05, 3.63) is 18.2 Å². The number of nitrogens with zero attached hydrogens (tertiary/aromatic N) is 3. The molecule has 0 aromatic carbocycles. The van der Waals surface area contributed by atoms with Crippen LogP contribution in [0.2, 0.25) is 0 Å². The molecule has 25 heavy (non-hydrogen) atoms. The van der Waals surface area contributed by atoms with E-state index in [0.29, 0.717) is 19.6 Å². The first-order chi connectivity index (χ1) is 11.8. The standard InChI is InChI=1S/C15H27N5O4S/c1-12(2)24-8-9-25(22,23)18-11-14(21)20-7-4-16-10-13(20)15-17-5-6-19(15)3/h5-6,12-13,16,18H,4,7-11H2,1-3H3. The Morgan fingerprint density at radius 1 is 1.52 bits per heavy atom. The number of piperazine rings is 1. The van der Waals surface area contributed by atoms with Gasteiger partial charge in [0, 0.05) is 39.1 Å². The van der Waals surface area contributed by atoms with Gasteiger partial charge >= 0.3 is 0 Å². The van der Waals surface area contributed by atoms with Crippen molar-refractivity contribution in [2.24, 2.45) is 7.05 Å². The number of carbonyl (C=O) groups excluding carboxylic acids is 1. The number of hydrogen-bond donors (Lipinski definition) is 2. The largest absolute Gasteiger partial charge is 0.378 e. The highest BCUT2D eigenvalue weighted by Crippen LogP contribution is 2.20. The summed E-state index contributed by atoms with van der Waals surface area (Å²) in [6, 6.07) is -0.213. The summed E-state index contributed by atoms with van der Waals surface area (Å²) in [5, 5.41) is 3.24. The summed E-state index contributed by atoms with van der Waals surface area (Å²) in [6.07, 6.45) is 3.48. The summed E-state index contributed by atoms with van der Waals surface area (Å²) in [7, 11) is -1.68. The second-order valence-electron chi connectivity index (χ2n) is 6.26. The van der Waals surface area contributed by atoms with E-state index in [-0.39, 0.29) is 37.0 Å². The minimum absolute atomic E-state index is 0.0313. The van der Waals surface area contributed by atoms with Crippen molar-refractivity contribution < 1.29 is 17.9 Å². The molecule has 0 saturated carbocycles. The average molecular weight is 373 g/mol. The number of nitrogens with one attached hydrogen (secondary N) is 2. The molecule has 1 atom stereocenters. The molecule has 2 N–H and O–H groups in total. The Morgan fingerprint density at radius 2 is 2.28 bits per heavy atom. The predicted octanol–water partition coefficient (Wildman–Crippen LogP) is -0.763. The molecule has 1 aromatic rings. The monoisotopic (exact) mass is 373 g/mol. The third-order valence-corrected chi connectivity index (χ3v) is 5.26. The van der Waals surface area contributed by atoms with Crippen LogP contribution in [0.3, 0.4) is 0 Å². The van der Waals surface area contributed by atoms with E-state index < -0.39 is 10.0 Å². The van der Waals surface area contributed by atoms with Crippen LogP contribution < -0.4 is 10.0 Å². The van der Waals surface area contributed by atoms with Crippen LogP contribution in [0.15, 0.2) is 12.4 Å². The Labute approximate surface area is 148 Å². The molecule has 0 spiro atoms. The molecule has 1 fully saturated rings. The van der Waals surface area contributed by atoms with Crippen molar-refractivity contribution in [1.82, 2.24) is 24.5 Å². The fraction of sp³-hybridized carbons (Fsp3) is 0.733. The molecule has 1 aromatic heterocycles. The Balaban J connectivity index is 1.93. The predicted molar refractivity (Wildman–Crippen MR) is 93.4 cm³/mol. The molecule has 0 bridgehead atoms. The zero-order chi connectivity index (χ0) is 18.4. The molecule has 10 heteroatoms. The molecule has 1 aliphatic rings. The zero-order valence-corrected chi connectivity index (χ0v) is 15.8. The quantitative estimate of drug-likeness (QED) is 0.620.